The van der Waals surface area contributed by atoms with E-state index in [2.05, 4.69) is 16.1 Å². The van der Waals surface area contributed by atoms with Gasteiger partial charge in [0, 0.05) is 19.5 Å². The first-order valence-corrected chi connectivity index (χ1v) is 8.04. The third-order valence-corrected chi connectivity index (χ3v) is 4.30. The molecular weight excluding hydrogens is 292 g/mol. The fourth-order valence-corrected chi connectivity index (χ4v) is 3.14. The van der Waals surface area contributed by atoms with Crippen LogP contribution in [0.2, 0.25) is 0 Å². The van der Waals surface area contributed by atoms with Crippen LogP contribution in [0, 0.1) is 0 Å². The number of rotatable bonds is 6. The maximum atomic E-state index is 12.6. The summed E-state index contributed by atoms with van der Waals surface area (Å²) in [5.74, 6) is 1.06. The SMILES string of the molecule is COc1cccc([C@H]2CCCN2C(=O)CCCn2cncn2)c1. The van der Waals surface area contributed by atoms with Gasteiger partial charge in [-0.05, 0) is 37.0 Å². The molecule has 3 rings (SSSR count). The zero-order chi connectivity index (χ0) is 16.1. The summed E-state index contributed by atoms with van der Waals surface area (Å²) in [6.07, 6.45) is 6.59. The standard InChI is InChI=1S/C17H22N4O2/c1-23-15-6-2-5-14(11-15)16-7-3-10-21(16)17(22)8-4-9-20-13-18-12-19-20/h2,5-6,11-13,16H,3-4,7-10H2,1H3/t16-/m1/s1. The van der Waals surface area contributed by atoms with E-state index in [9.17, 15) is 4.79 Å². The van der Waals surface area contributed by atoms with Crippen LogP contribution in [0.15, 0.2) is 36.9 Å². The number of benzene rings is 1. The average molecular weight is 314 g/mol. The summed E-state index contributed by atoms with van der Waals surface area (Å²) in [5, 5.41) is 4.06. The lowest BCUT2D eigenvalue weighted by atomic mass is 10.0. The third-order valence-electron chi connectivity index (χ3n) is 4.30. The van der Waals surface area contributed by atoms with Crippen LogP contribution in [0.3, 0.4) is 0 Å². The number of carbonyl (C=O) groups excluding carboxylic acids is 1. The Bertz CT molecular complexity index is 642. The highest BCUT2D eigenvalue weighted by Gasteiger charge is 2.29. The number of carbonyl (C=O) groups is 1. The summed E-state index contributed by atoms with van der Waals surface area (Å²) in [4.78, 5) is 18.5. The van der Waals surface area contributed by atoms with Crippen molar-refractivity contribution in [1.29, 1.82) is 0 Å². The van der Waals surface area contributed by atoms with Crippen molar-refractivity contribution >= 4 is 5.91 Å². The van der Waals surface area contributed by atoms with Gasteiger partial charge in [0.1, 0.15) is 18.4 Å². The van der Waals surface area contributed by atoms with Gasteiger partial charge in [-0.3, -0.25) is 9.48 Å². The molecule has 1 aromatic carbocycles. The molecule has 0 N–H and O–H groups in total. The monoisotopic (exact) mass is 314 g/mol. The Kier molecular flexibility index (Phi) is 4.90. The van der Waals surface area contributed by atoms with Gasteiger partial charge >= 0.3 is 0 Å². The fraction of sp³-hybridized carbons (Fsp3) is 0.471. The van der Waals surface area contributed by atoms with E-state index in [1.807, 2.05) is 23.1 Å². The molecule has 1 aromatic heterocycles. The quantitative estimate of drug-likeness (QED) is 0.821. The normalized spacial score (nSPS) is 17.4. The fourth-order valence-electron chi connectivity index (χ4n) is 3.14. The predicted octanol–water partition coefficient (Wildman–Crippen LogP) is 2.43. The molecule has 2 aromatic rings. The molecule has 1 amide bonds. The summed E-state index contributed by atoms with van der Waals surface area (Å²) in [6.45, 7) is 1.56. The molecule has 1 saturated heterocycles. The lowest BCUT2D eigenvalue weighted by molar-refractivity contribution is -0.132. The van der Waals surface area contributed by atoms with Gasteiger partial charge in [0.05, 0.1) is 13.2 Å². The summed E-state index contributed by atoms with van der Waals surface area (Å²) in [6, 6.07) is 8.20. The molecule has 1 aliphatic heterocycles. The maximum Gasteiger partial charge on any atom is 0.223 e. The molecule has 1 aliphatic rings. The van der Waals surface area contributed by atoms with Gasteiger partial charge in [0.2, 0.25) is 5.91 Å². The number of hydrogen-bond acceptors (Lipinski definition) is 4. The van der Waals surface area contributed by atoms with Crippen molar-refractivity contribution in [3.8, 4) is 5.75 Å². The molecule has 6 heteroatoms. The molecule has 6 nitrogen and oxygen atoms in total. The Balaban J connectivity index is 1.60. The highest BCUT2D eigenvalue weighted by atomic mass is 16.5. The van der Waals surface area contributed by atoms with E-state index in [0.29, 0.717) is 6.42 Å². The van der Waals surface area contributed by atoms with Crippen molar-refractivity contribution in [1.82, 2.24) is 19.7 Å². The Morgan fingerprint density at radius 1 is 1.43 bits per heavy atom. The van der Waals surface area contributed by atoms with E-state index in [1.165, 1.54) is 6.33 Å². The summed E-state index contributed by atoms with van der Waals surface area (Å²) < 4.78 is 7.06. The van der Waals surface area contributed by atoms with Crippen LogP contribution >= 0.6 is 0 Å². The Morgan fingerprint density at radius 2 is 2.35 bits per heavy atom. The molecule has 0 aliphatic carbocycles. The molecule has 23 heavy (non-hydrogen) atoms. The van der Waals surface area contributed by atoms with Crippen LogP contribution < -0.4 is 4.74 Å². The number of ether oxygens (including phenoxy) is 1. The van der Waals surface area contributed by atoms with E-state index < -0.39 is 0 Å². The summed E-state index contributed by atoms with van der Waals surface area (Å²) >= 11 is 0. The topological polar surface area (TPSA) is 60.2 Å². The van der Waals surface area contributed by atoms with Gasteiger partial charge in [0.15, 0.2) is 0 Å². The van der Waals surface area contributed by atoms with E-state index >= 15 is 0 Å². The lowest BCUT2D eigenvalue weighted by Crippen LogP contribution is -2.30. The highest BCUT2D eigenvalue weighted by molar-refractivity contribution is 5.77. The van der Waals surface area contributed by atoms with Crippen LogP contribution in [0.4, 0.5) is 0 Å². The number of aryl methyl sites for hydroxylation is 1. The van der Waals surface area contributed by atoms with Crippen molar-refractivity contribution in [3.63, 3.8) is 0 Å². The van der Waals surface area contributed by atoms with Gasteiger partial charge in [-0.2, -0.15) is 5.10 Å². The second-order valence-corrected chi connectivity index (χ2v) is 5.78. The Morgan fingerprint density at radius 3 is 3.13 bits per heavy atom. The van der Waals surface area contributed by atoms with Gasteiger partial charge in [0.25, 0.3) is 0 Å². The molecule has 0 radical (unpaired) electrons. The highest BCUT2D eigenvalue weighted by Crippen LogP contribution is 2.33. The first-order valence-electron chi connectivity index (χ1n) is 8.04. The van der Waals surface area contributed by atoms with Crippen LogP contribution in [0.25, 0.3) is 0 Å². The number of aromatic nitrogens is 3. The summed E-state index contributed by atoms with van der Waals surface area (Å²) in [7, 11) is 1.67. The number of nitrogens with zero attached hydrogens (tertiary/aromatic N) is 4. The van der Waals surface area contributed by atoms with Crippen LogP contribution in [0.1, 0.15) is 37.3 Å². The molecule has 0 bridgehead atoms. The van der Waals surface area contributed by atoms with Gasteiger partial charge < -0.3 is 9.64 Å². The first-order chi connectivity index (χ1) is 11.3. The second kappa shape index (κ2) is 7.26. The van der Waals surface area contributed by atoms with Crippen molar-refractivity contribution in [2.45, 2.75) is 38.3 Å². The molecule has 0 spiro atoms. The van der Waals surface area contributed by atoms with E-state index in [1.54, 1.807) is 18.1 Å². The number of amides is 1. The number of hydrogen-bond donors (Lipinski definition) is 0. The minimum Gasteiger partial charge on any atom is -0.497 e. The average Bonchev–Trinajstić information content (AvgIpc) is 3.26. The van der Waals surface area contributed by atoms with Crippen molar-refractivity contribution in [2.75, 3.05) is 13.7 Å². The van der Waals surface area contributed by atoms with Gasteiger partial charge in [-0.25, -0.2) is 4.98 Å². The molecule has 1 fully saturated rings. The third kappa shape index (κ3) is 3.70. The van der Waals surface area contributed by atoms with Gasteiger partial charge in [-0.15, -0.1) is 0 Å². The molecule has 0 unspecified atom stereocenters. The zero-order valence-electron chi connectivity index (χ0n) is 13.4. The van der Waals surface area contributed by atoms with Gasteiger partial charge in [-0.1, -0.05) is 12.1 Å². The van der Waals surface area contributed by atoms with Crippen molar-refractivity contribution in [3.05, 3.63) is 42.5 Å². The summed E-state index contributed by atoms with van der Waals surface area (Å²) in [5.41, 5.74) is 1.16. The van der Waals surface area contributed by atoms with Crippen LogP contribution in [-0.2, 0) is 11.3 Å². The minimum atomic E-state index is 0.170. The molecule has 0 saturated carbocycles. The number of likely N-dealkylation sites (tertiary alicyclic amines) is 1. The minimum absolute atomic E-state index is 0.170. The van der Waals surface area contributed by atoms with E-state index in [-0.39, 0.29) is 11.9 Å². The Labute approximate surface area is 136 Å². The zero-order valence-corrected chi connectivity index (χ0v) is 13.4. The molecular formula is C17H22N4O2. The van der Waals surface area contributed by atoms with Crippen molar-refractivity contribution < 1.29 is 9.53 Å². The van der Waals surface area contributed by atoms with Crippen molar-refractivity contribution in [2.24, 2.45) is 0 Å². The predicted molar refractivity (Wildman–Crippen MR) is 85.9 cm³/mol. The maximum absolute atomic E-state index is 12.6. The second-order valence-electron chi connectivity index (χ2n) is 5.78. The smallest absolute Gasteiger partial charge is 0.223 e. The lowest BCUT2D eigenvalue weighted by Gasteiger charge is -2.25. The first kappa shape index (κ1) is 15.5. The largest absolute Gasteiger partial charge is 0.497 e. The van der Waals surface area contributed by atoms with Crippen LogP contribution in [0.5, 0.6) is 5.75 Å². The molecule has 2 heterocycles. The molecule has 1 atom stereocenters. The van der Waals surface area contributed by atoms with Crippen LogP contribution in [-0.4, -0.2) is 39.2 Å². The molecule has 122 valence electrons. The van der Waals surface area contributed by atoms with E-state index in [4.69, 9.17) is 4.74 Å². The van der Waals surface area contributed by atoms with E-state index in [0.717, 1.165) is 43.7 Å². The number of methoxy groups -OCH3 is 1. The Hall–Kier alpha value is -2.37.